The van der Waals surface area contributed by atoms with Crippen LogP contribution in [0.15, 0.2) is 24.3 Å². The molecule has 2 heterocycles. The molecule has 0 bridgehead atoms. The lowest BCUT2D eigenvalue weighted by Gasteiger charge is -2.05. The van der Waals surface area contributed by atoms with Crippen molar-refractivity contribution >= 4 is 5.82 Å². The fourth-order valence-corrected chi connectivity index (χ4v) is 1.42. The molecule has 5 nitrogen and oxygen atoms in total. The van der Waals surface area contributed by atoms with Crippen molar-refractivity contribution in [2.75, 3.05) is 5.43 Å². The highest BCUT2D eigenvalue weighted by atomic mass is 15.3. The van der Waals surface area contributed by atoms with E-state index in [1.165, 1.54) is 0 Å². The number of nitrogens with two attached hydrogens (primary N) is 1. The molecule has 2 aromatic heterocycles. The Morgan fingerprint density at radius 3 is 2.56 bits per heavy atom. The predicted molar refractivity (Wildman–Crippen MR) is 62.5 cm³/mol. The molecule has 0 saturated carbocycles. The van der Waals surface area contributed by atoms with Crippen LogP contribution in [0.25, 0.3) is 11.5 Å². The predicted octanol–water partition coefficient (Wildman–Crippen LogP) is 1.44. The number of aryl methyl sites for hydroxylation is 2. The molecular weight excluding hydrogens is 202 g/mol. The molecule has 0 aliphatic carbocycles. The molecule has 82 valence electrons. The summed E-state index contributed by atoms with van der Waals surface area (Å²) in [6, 6.07) is 7.52. The first kappa shape index (κ1) is 10.5. The summed E-state index contributed by atoms with van der Waals surface area (Å²) in [6.07, 6.45) is 0. The highest BCUT2D eigenvalue weighted by molar-refractivity contribution is 5.52. The molecule has 0 unspecified atom stereocenters. The topological polar surface area (TPSA) is 76.7 Å². The number of aromatic nitrogens is 3. The Morgan fingerprint density at radius 1 is 1.06 bits per heavy atom. The number of hydrazine groups is 1. The van der Waals surface area contributed by atoms with Crippen LogP contribution < -0.4 is 11.3 Å². The Morgan fingerprint density at radius 2 is 1.88 bits per heavy atom. The van der Waals surface area contributed by atoms with Crippen LogP contribution in [0.2, 0.25) is 0 Å². The van der Waals surface area contributed by atoms with E-state index in [1.54, 1.807) is 6.07 Å². The molecule has 0 spiro atoms. The van der Waals surface area contributed by atoms with E-state index >= 15 is 0 Å². The minimum atomic E-state index is 0.580. The molecule has 0 fully saturated rings. The van der Waals surface area contributed by atoms with Crippen LogP contribution in [0.1, 0.15) is 11.4 Å². The van der Waals surface area contributed by atoms with Crippen molar-refractivity contribution in [1.29, 1.82) is 0 Å². The van der Waals surface area contributed by atoms with E-state index in [0.29, 0.717) is 11.6 Å². The Labute approximate surface area is 93.7 Å². The molecule has 0 radical (unpaired) electrons. The van der Waals surface area contributed by atoms with Gasteiger partial charge in [0.15, 0.2) is 5.82 Å². The van der Waals surface area contributed by atoms with Crippen molar-refractivity contribution in [2.24, 2.45) is 5.84 Å². The van der Waals surface area contributed by atoms with Crippen molar-refractivity contribution in [1.82, 2.24) is 15.0 Å². The fourth-order valence-electron chi connectivity index (χ4n) is 1.42. The number of hydrogen-bond acceptors (Lipinski definition) is 5. The van der Waals surface area contributed by atoms with Gasteiger partial charge in [-0.25, -0.2) is 20.8 Å². The van der Waals surface area contributed by atoms with Crippen LogP contribution in [0, 0.1) is 13.8 Å². The first-order valence-corrected chi connectivity index (χ1v) is 4.95. The summed E-state index contributed by atoms with van der Waals surface area (Å²) < 4.78 is 0. The summed E-state index contributed by atoms with van der Waals surface area (Å²) in [5, 5.41) is 0. The molecule has 0 amide bonds. The molecule has 3 N–H and O–H groups in total. The summed E-state index contributed by atoms with van der Waals surface area (Å²) in [5.41, 5.74) is 5.05. The fraction of sp³-hybridized carbons (Fsp3) is 0.182. The van der Waals surface area contributed by atoms with E-state index in [4.69, 9.17) is 5.84 Å². The van der Waals surface area contributed by atoms with Crippen LogP contribution in [-0.2, 0) is 0 Å². The molecular formula is C11H13N5. The third-order valence-corrected chi connectivity index (χ3v) is 2.12. The number of anilines is 1. The second-order valence-electron chi connectivity index (χ2n) is 3.53. The number of hydrogen-bond donors (Lipinski definition) is 2. The molecule has 2 rings (SSSR count). The van der Waals surface area contributed by atoms with E-state index in [9.17, 15) is 0 Å². The average molecular weight is 215 g/mol. The zero-order valence-corrected chi connectivity index (χ0v) is 9.23. The van der Waals surface area contributed by atoms with E-state index in [0.717, 1.165) is 17.1 Å². The molecule has 2 aromatic rings. The summed E-state index contributed by atoms with van der Waals surface area (Å²) in [6.45, 7) is 3.82. The largest absolute Gasteiger partial charge is 0.308 e. The van der Waals surface area contributed by atoms with Crippen molar-refractivity contribution in [3.63, 3.8) is 0 Å². The lowest BCUT2D eigenvalue weighted by Crippen LogP contribution is -2.10. The third kappa shape index (κ3) is 2.14. The second-order valence-corrected chi connectivity index (χ2v) is 3.53. The Hall–Kier alpha value is -2.01. The smallest absolute Gasteiger partial charge is 0.180 e. The Balaban J connectivity index is 2.51. The maximum absolute atomic E-state index is 5.33. The van der Waals surface area contributed by atoms with Crippen LogP contribution in [0.5, 0.6) is 0 Å². The van der Waals surface area contributed by atoms with Crippen LogP contribution in [0.4, 0.5) is 5.82 Å². The van der Waals surface area contributed by atoms with Crippen LogP contribution >= 0.6 is 0 Å². The average Bonchev–Trinajstić information content (AvgIpc) is 2.28. The molecule has 16 heavy (non-hydrogen) atoms. The minimum Gasteiger partial charge on any atom is -0.308 e. The normalized spacial score (nSPS) is 10.2. The third-order valence-electron chi connectivity index (χ3n) is 2.12. The highest BCUT2D eigenvalue weighted by Gasteiger charge is 2.05. The zero-order chi connectivity index (χ0) is 11.5. The van der Waals surface area contributed by atoms with Crippen molar-refractivity contribution in [2.45, 2.75) is 13.8 Å². The molecule has 0 saturated heterocycles. The van der Waals surface area contributed by atoms with Crippen LogP contribution in [-0.4, -0.2) is 15.0 Å². The second kappa shape index (κ2) is 4.24. The maximum atomic E-state index is 5.33. The summed E-state index contributed by atoms with van der Waals surface area (Å²) in [4.78, 5) is 12.9. The number of rotatable bonds is 2. The van der Waals surface area contributed by atoms with Crippen LogP contribution in [0.3, 0.4) is 0 Å². The van der Waals surface area contributed by atoms with Gasteiger partial charge in [-0.3, -0.25) is 0 Å². The quantitative estimate of drug-likeness (QED) is 0.585. The van der Waals surface area contributed by atoms with Crippen molar-refractivity contribution < 1.29 is 0 Å². The van der Waals surface area contributed by atoms with Crippen molar-refractivity contribution in [3.8, 4) is 11.5 Å². The molecule has 0 aromatic carbocycles. The number of pyridine rings is 1. The van der Waals surface area contributed by atoms with E-state index in [-0.39, 0.29) is 0 Å². The summed E-state index contributed by atoms with van der Waals surface area (Å²) in [7, 11) is 0. The maximum Gasteiger partial charge on any atom is 0.180 e. The van der Waals surface area contributed by atoms with E-state index in [1.807, 2.05) is 32.0 Å². The van der Waals surface area contributed by atoms with Crippen molar-refractivity contribution in [3.05, 3.63) is 35.7 Å². The molecule has 0 aliphatic rings. The minimum absolute atomic E-state index is 0.580. The van der Waals surface area contributed by atoms with E-state index < -0.39 is 0 Å². The van der Waals surface area contributed by atoms with Gasteiger partial charge in [-0.1, -0.05) is 6.07 Å². The van der Waals surface area contributed by atoms with Gasteiger partial charge < -0.3 is 5.43 Å². The number of nitrogens with zero attached hydrogens (tertiary/aromatic N) is 3. The summed E-state index contributed by atoms with van der Waals surface area (Å²) in [5.74, 6) is 6.50. The molecule has 0 atom stereocenters. The lowest BCUT2D eigenvalue weighted by molar-refractivity contribution is 1.07. The highest BCUT2D eigenvalue weighted by Crippen LogP contribution is 2.15. The van der Waals surface area contributed by atoms with Gasteiger partial charge in [-0.15, -0.1) is 0 Å². The number of nitrogens with one attached hydrogen (secondary N) is 1. The monoisotopic (exact) mass is 215 g/mol. The first-order chi connectivity index (χ1) is 7.69. The number of nitrogen functional groups attached to an aromatic ring is 1. The SMILES string of the molecule is Cc1cccc(-c2nc(C)cc(NN)n2)n1. The van der Waals surface area contributed by atoms with Gasteiger partial charge in [0.2, 0.25) is 0 Å². The summed E-state index contributed by atoms with van der Waals surface area (Å²) >= 11 is 0. The Bertz CT molecular complexity index is 509. The lowest BCUT2D eigenvalue weighted by atomic mass is 10.3. The first-order valence-electron chi connectivity index (χ1n) is 4.95. The van der Waals surface area contributed by atoms with Gasteiger partial charge in [-0.05, 0) is 26.0 Å². The van der Waals surface area contributed by atoms with Gasteiger partial charge in [-0.2, -0.15) is 0 Å². The van der Waals surface area contributed by atoms with Gasteiger partial charge in [0.25, 0.3) is 0 Å². The van der Waals surface area contributed by atoms with Gasteiger partial charge >= 0.3 is 0 Å². The Kier molecular flexibility index (Phi) is 2.78. The van der Waals surface area contributed by atoms with Gasteiger partial charge in [0.05, 0.1) is 0 Å². The van der Waals surface area contributed by atoms with Gasteiger partial charge in [0.1, 0.15) is 11.5 Å². The molecule has 5 heteroatoms. The zero-order valence-electron chi connectivity index (χ0n) is 9.23. The molecule has 0 aliphatic heterocycles. The van der Waals surface area contributed by atoms with E-state index in [2.05, 4.69) is 20.4 Å². The van der Waals surface area contributed by atoms with Gasteiger partial charge in [0, 0.05) is 17.5 Å². The standard InChI is InChI=1S/C11H13N5/c1-7-4-3-5-9(13-7)11-14-8(2)6-10(15-11)16-12/h3-6H,12H2,1-2H3,(H,14,15,16).